The maximum Gasteiger partial charge on any atom is 0.280 e. The highest BCUT2D eigenvalue weighted by atomic mass is 19.3. The van der Waals surface area contributed by atoms with E-state index in [9.17, 15) is 13.9 Å². The highest BCUT2D eigenvalue weighted by Crippen LogP contribution is 2.26. The maximum atomic E-state index is 12.6. The number of aliphatic hydroxyl groups is 1. The molecule has 1 saturated carbocycles. The minimum absolute atomic E-state index is 0.173. The molecule has 0 spiro atoms. The first-order valence-electron chi connectivity index (χ1n) is 7.94. The van der Waals surface area contributed by atoms with Crippen molar-refractivity contribution in [2.75, 3.05) is 5.32 Å². The van der Waals surface area contributed by atoms with Crippen LogP contribution in [-0.4, -0.2) is 27.3 Å². The van der Waals surface area contributed by atoms with E-state index in [2.05, 4.69) is 15.3 Å². The number of alkyl halides is 2. The fraction of sp³-hybridized carbons (Fsp3) is 0.412. The molecular weight excluding hydrogens is 316 g/mol. The van der Waals surface area contributed by atoms with Crippen LogP contribution in [0.5, 0.6) is 5.75 Å². The molecule has 7 heteroatoms. The Balaban J connectivity index is 1.63. The highest BCUT2D eigenvalue weighted by molar-refractivity contribution is 5.57. The SMILES string of the molecule is O[C@@H]1CCCC[C@H]1Oc1ccc(Nc2cc(C(F)F)ncn2)cc1. The zero-order chi connectivity index (χ0) is 16.9. The minimum Gasteiger partial charge on any atom is -0.488 e. The van der Waals surface area contributed by atoms with E-state index in [1.165, 1.54) is 6.07 Å². The summed E-state index contributed by atoms with van der Waals surface area (Å²) in [5, 5.41) is 12.9. The number of ether oxygens (including phenoxy) is 1. The third-order valence-electron chi connectivity index (χ3n) is 3.99. The summed E-state index contributed by atoms with van der Waals surface area (Å²) in [4.78, 5) is 7.45. The van der Waals surface area contributed by atoms with Gasteiger partial charge in [0.05, 0.1) is 6.10 Å². The number of aromatic nitrogens is 2. The first kappa shape index (κ1) is 16.6. The fourth-order valence-corrected chi connectivity index (χ4v) is 2.71. The second-order valence-electron chi connectivity index (χ2n) is 5.79. The number of anilines is 2. The van der Waals surface area contributed by atoms with Crippen LogP contribution in [0.4, 0.5) is 20.3 Å². The lowest BCUT2D eigenvalue weighted by Gasteiger charge is -2.28. The maximum absolute atomic E-state index is 12.6. The van der Waals surface area contributed by atoms with Crippen LogP contribution in [-0.2, 0) is 0 Å². The summed E-state index contributed by atoms with van der Waals surface area (Å²) in [7, 11) is 0. The standard InChI is InChI=1S/C17H19F2N3O2/c18-17(19)13-9-16(21-10-20-13)22-11-5-7-12(8-6-11)24-15-4-2-1-3-14(15)23/h5-10,14-15,17,23H,1-4H2,(H,20,21,22)/t14-,15-/m1/s1. The highest BCUT2D eigenvalue weighted by Gasteiger charge is 2.24. The van der Waals surface area contributed by atoms with Crippen molar-refractivity contribution in [3.8, 4) is 5.75 Å². The monoisotopic (exact) mass is 335 g/mol. The van der Waals surface area contributed by atoms with Crippen LogP contribution >= 0.6 is 0 Å². The Morgan fingerprint density at radius 2 is 1.88 bits per heavy atom. The predicted molar refractivity (Wildman–Crippen MR) is 85.6 cm³/mol. The quantitative estimate of drug-likeness (QED) is 0.869. The van der Waals surface area contributed by atoms with Crippen LogP contribution in [0.3, 0.4) is 0 Å². The fourth-order valence-electron chi connectivity index (χ4n) is 2.71. The molecule has 1 heterocycles. The third-order valence-corrected chi connectivity index (χ3v) is 3.99. The molecule has 0 saturated heterocycles. The van der Waals surface area contributed by atoms with E-state index in [1.807, 2.05) is 0 Å². The van der Waals surface area contributed by atoms with Crippen molar-refractivity contribution in [2.24, 2.45) is 0 Å². The Hall–Kier alpha value is -2.28. The van der Waals surface area contributed by atoms with E-state index < -0.39 is 12.5 Å². The normalized spacial score (nSPS) is 20.8. The molecule has 1 aromatic carbocycles. The number of nitrogens with one attached hydrogen (secondary N) is 1. The van der Waals surface area contributed by atoms with E-state index >= 15 is 0 Å². The zero-order valence-corrected chi connectivity index (χ0v) is 13.0. The number of nitrogens with zero attached hydrogens (tertiary/aromatic N) is 2. The van der Waals surface area contributed by atoms with Crippen LogP contribution in [0.2, 0.25) is 0 Å². The molecule has 0 bridgehead atoms. The van der Waals surface area contributed by atoms with Crippen molar-refractivity contribution in [2.45, 2.75) is 44.3 Å². The molecule has 2 N–H and O–H groups in total. The predicted octanol–water partition coefficient (Wildman–Crippen LogP) is 3.84. The molecule has 2 aromatic rings. The number of rotatable bonds is 5. The van der Waals surface area contributed by atoms with Crippen LogP contribution in [0.25, 0.3) is 0 Å². The van der Waals surface area contributed by atoms with Gasteiger partial charge in [0.1, 0.15) is 29.7 Å². The lowest BCUT2D eigenvalue weighted by molar-refractivity contribution is 0.00688. The molecule has 0 aliphatic heterocycles. The first-order valence-corrected chi connectivity index (χ1v) is 7.94. The first-order chi connectivity index (χ1) is 11.6. The van der Waals surface area contributed by atoms with Gasteiger partial charge in [0, 0.05) is 11.8 Å². The number of benzene rings is 1. The van der Waals surface area contributed by atoms with Gasteiger partial charge in [-0.15, -0.1) is 0 Å². The van der Waals surface area contributed by atoms with E-state index in [0.29, 0.717) is 17.3 Å². The van der Waals surface area contributed by atoms with Gasteiger partial charge in [-0.05, 0) is 43.5 Å². The average Bonchev–Trinajstić information content (AvgIpc) is 2.59. The summed E-state index contributed by atoms with van der Waals surface area (Å²) in [5.41, 5.74) is 0.379. The van der Waals surface area contributed by atoms with Crippen LogP contribution in [0, 0.1) is 0 Å². The Morgan fingerprint density at radius 3 is 2.58 bits per heavy atom. The molecular formula is C17H19F2N3O2. The van der Waals surface area contributed by atoms with Gasteiger partial charge in [-0.1, -0.05) is 6.42 Å². The number of hydrogen-bond acceptors (Lipinski definition) is 5. The van der Waals surface area contributed by atoms with Gasteiger partial charge in [0.25, 0.3) is 6.43 Å². The largest absolute Gasteiger partial charge is 0.488 e. The van der Waals surface area contributed by atoms with Crippen molar-refractivity contribution < 1.29 is 18.6 Å². The second kappa shape index (κ2) is 7.53. The lowest BCUT2D eigenvalue weighted by Crippen LogP contribution is -2.34. The summed E-state index contributed by atoms with van der Waals surface area (Å²) in [6.45, 7) is 0. The van der Waals surface area contributed by atoms with Crippen molar-refractivity contribution in [1.29, 1.82) is 0 Å². The van der Waals surface area contributed by atoms with E-state index in [-0.39, 0.29) is 11.8 Å². The van der Waals surface area contributed by atoms with Gasteiger partial charge < -0.3 is 15.2 Å². The van der Waals surface area contributed by atoms with Gasteiger partial charge in [-0.3, -0.25) is 0 Å². The number of halogens is 2. The summed E-state index contributed by atoms with van der Waals surface area (Å²) in [6, 6.07) is 8.31. The smallest absolute Gasteiger partial charge is 0.280 e. The second-order valence-corrected chi connectivity index (χ2v) is 5.79. The van der Waals surface area contributed by atoms with Gasteiger partial charge >= 0.3 is 0 Å². The molecule has 1 aromatic heterocycles. The summed E-state index contributed by atoms with van der Waals surface area (Å²) >= 11 is 0. The van der Waals surface area contributed by atoms with Crippen molar-refractivity contribution in [3.05, 3.63) is 42.4 Å². The summed E-state index contributed by atoms with van der Waals surface area (Å²) in [5.74, 6) is 0.971. The molecule has 0 unspecified atom stereocenters. The van der Waals surface area contributed by atoms with Gasteiger partial charge in [-0.25, -0.2) is 18.7 Å². The molecule has 3 rings (SSSR count). The molecule has 1 aliphatic rings. The number of aliphatic hydroxyl groups excluding tert-OH is 1. The lowest BCUT2D eigenvalue weighted by atomic mass is 9.95. The van der Waals surface area contributed by atoms with Crippen LogP contribution in [0.15, 0.2) is 36.7 Å². The Morgan fingerprint density at radius 1 is 1.12 bits per heavy atom. The molecule has 128 valence electrons. The van der Waals surface area contributed by atoms with Gasteiger partial charge in [0.2, 0.25) is 0 Å². The molecule has 5 nitrogen and oxygen atoms in total. The topological polar surface area (TPSA) is 67.3 Å². The number of hydrogen-bond donors (Lipinski definition) is 2. The van der Waals surface area contributed by atoms with E-state index in [4.69, 9.17) is 4.74 Å². The van der Waals surface area contributed by atoms with Crippen LogP contribution in [0.1, 0.15) is 37.8 Å². The molecule has 1 aliphatic carbocycles. The van der Waals surface area contributed by atoms with Crippen molar-refractivity contribution >= 4 is 11.5 Å². The minimum atomic E-state index is -2.63. The van der Waals surface area contributed by atoms with Gasteiger partial charge in [0.15, 0.2) is 0 Å². The van der Waals surface area contributed by atoms with Gasteiger partial charge in [-0.2, -0.15) is 0 Å². The van der Waals surface area contributed by atoms with E-state index in [1.54, 1.807) is 24.3 Å². The molecule has 0 radical (unpaired) electrons. The molecule has 0 amide bonds. The summed E-state index contributed by atoms with van der Waals surface area (Å²) < 4.78 is 31.1. The third kappa shape index (κ3) is 4.17. The zero-order valence-electron chi connectivity index (χ0n) is 13.0. The average molecular weight is 335 g/mol. The molecule has 1 fully saturated rings. The van der Waals surface area contributed by atoms with Crippen molar-refractivity contribution in [1.82, 2.24) is 9.97 Å². The van der Waals surface area contributed by atoms with Crippen molar-refractivity contribution in [3.63, 3.8) is 0 Å². The Bertz CT molecular complexity index is 667. The van der Waals surface area contributed by atoms with E-state index in [0.717, 1.165) is 32.0 Å². The Kier molecular flexibility index (Phi) is 5.20. The molecule has 24 heavy (non-hydrogen) atoms. The Labute approximate surface area is 138 Å². The molecule has 2 atom stereocenters. The summed E-state index contributed by atoms with van der Waals surface area (Å²) in [6.07, 6.45) is 1.57. The van der Waals surface area contributed by atoms with Crippen LogP contribution < -0.4 is 10.1 Å².